The zero-order valence-electron chi connectivity index (χ0n) is 21.0. The second-order valence-electron chi connectivity index (χ2n) is 11.1. The molecule has 0 atom stereocenters. The van der Waals surface area contributed by atoms with E-state index in [1.54, 1.807) is 0 Å². The van der Waals surface area contributed by atoms with Crippen molar-refractivity contribution >= 4 is 49.0 Å². The summed E-state index contributed by atoms with van der Waals surface area (Å²) in [5, 5.41) is 6.61. The van der Waals surface area contributed by atoms with Crippen molar-refractivity contribution in [3.05, 3.63) is 96.2 Å². The van der Waals surface area contributed by atoms with Crippen LogP contribution in [0.15, 0.2) is 85.1 Å². The Balaban J connectivity index is 1.81. The molecule has 4 aromatic carbocycles. The summed E-state index contributed by atoms with van der Waals surface area (Å²) in [5.74, 6) is 0. The highest BCUT2D eigenvalue weighted by Gasteiger charge is 2.25. The lowest BCUT2D eigenvalue weighted by molar-refractivity contribution is -0.643. The Morgan fingerprint density at radius 1 is 0.714 bits per heavy atom. The van der Waals surface area contributed by atoms with Crippen molar-refractivity contribution in [2.75, 3.05) is 0 Å². The van der Waals surface area contributed by atoms with Gasteiger partial charge in [0.15, 0.2) is 6.20 Å². The number of aryl methyl sites for hydroxylation is 2. The first-order valence-electron chi connectivity index (χ1n) is 12.4. The Morgan fingerprint density at radius 3 is 2.26 bits per heavy atom. The van der Waals surface area contributed by atoms with Gasteiger partial charge in [0.2, 0.25) is 5.52 Å². The standard InChI is InChI=1S/C33H29N2/c1-20-11-13-26-25-14-12-24(33(2,3)4)19-27(25)35-28-18-23(21-9-7-6-8-10-21)17-22-15-16-34(5)32(30(22)28)29(20)31(26)35/h6-19H,1-5H3/q+1. The van der Waals surface area contributed by atoms with E-state index in [1.165, 1.54) is 71.3 Å². The summed E-state index contributed by atoms with van der Waals surface area (Å²) >= 11 is 0. The van der Waals surface area contributed by atoms with Crippen molar-refractivity contribution in [2.24, 2.45) is 7.05 Å². The van der Waals surface area contributed by atoms with Crippen molar-refractivity contribution in [3.63, 3.8) is 0 Å². The van der Waals surface area contributed by atoms with Gasteiger partial charge in [-0.15, -0.1) is 0 Å². The summed E-state index contributed by atoms with van der Waals surface area (Å²) in [7, 11) is 2.18. The lowest BCUT2D eigenvalue weighted by Gasteiger charge is -2.19. The predicted molar refractivity (Wildman–Crippen MR) is 149 cm³/mol. The van der Waals surface area contributed by atoms with Gasteiger partial charge in [-0.25, -0.2) is 4.57 Å². The normalized spacial score (nSPS) is 12.7. The van der Waals surface area contributed by atoms with Gasteiger partial charge in [-0.3, -0.25) is 0 Å². The third kappa shape index (κ3) is 2.74. The number of pyridine rings is 2. The van der Waals surface area contributed by atoms with E-state index >= 15 is 0 Å². The number of rotatable bonds is 1. The molecule has 0 bridgehead atoms. The van der Waals surface area contributed by atoms with Crippen molar-refractivity contribution in [2.45, 2.75) is 33.1 Å². The molecule has 0 N–H and O–H groups in total. The first kappa shape index (κ1) is 20.5. The average molecular weight is 454 g/mol. The topological polar surface area (TPSA) is 8.29 Å². The third-order valence-corrected chi connectivity index (χ3v) is 7.80. The Labute approximate surface area is 205 Å². The van der Waals surface area contributed by atoms with E-state index in [9.17, 15) is 0 Å². The average Bonchev–Trinajstić information content (AvgIpc) is 3.18. The molecule has 3 heterocycles. The van der Waals surface area contributed by atoms with Crippen LogP contribution in [0, 0.1) is 6.92 Å². The van der Waals surface area contributed by atoms with Gasteiger partial charge in [-0.2, -0.15) is 0 Å². The molecule has 0 aliphatic rings. The Bertz CT molecular complexity index is 1930. The molecule has 35 heavy (non-hydrogen) atoms. The van der Waals surface area contributed by atoms with E-state index < -0.39 is 0 Å². The monoisotopic (exact) mass is 453 g/mol. The number of benzene rings is 4. The largest absolute Gasteiger partial charge is 0.307 e. The van der Waals surface area contributed by atoms with Gasteiger partial charge in [-0.1, -0.05) is 75.4 Å². The van der Waals surface area contributed by atoms with Gasteiger partial charge in [-0.05, 0) is 58.2 Å². The third-order valence-electron chi connectivity index (χ3n) is 7.80. The second kappa shape index (κ2) is 6.82. The molecule has 7 rings (SSSR count). The van der Waals surface area contributed by atoms with E-state index in [0.717, 1.165) is 0 Å². The molecular formula is C33H29N2+. The van der Waals surface area contributed by atoms with Crippen LogP contribution in [0.5, 0.6) is 0 Å². The molecule has 3 aromatic heterocycles. The van der Waals surface area contributed by atoms with Crippen LogP contribution in [0.25, 0.3) is 60.1 Å². The first-order valence-corrected chi connectivity index (χ1v) is 12.4. The van der Waals surface area contributed by atoms with Gasteiger partial charge in [0, 0.05) is 16.8 Å². The predicted octanol–water partition coefficient (Wildman–Crippen LogP) is 8.09. The van der Waals surface area contributed by atoms with E-state index in [1.807, 2.05) is 0 Å². The van der Waals surface area contributed by atoms with Gasteiger partial charge >= 0.3 is 0 Å². The lowest BCUT2D eigenvalue weighted by Crippen LogP contribution is -2.28. The molecule has 0 saturated carbocycles. The fourth-order valence-electron chi connectivity index (χ4n) is 5.98. The summed E-state index contributed by atoms with van der Waals surface area (Å²) in [5.41, 5.74) is 10.5. The van der Waals surface area contributed by atoms with Crippen LogP contribution in [0.1, 0.15) is 31.9 Å². The molecule has 0 saturated heterocycles. The molecule has 0 spiro atoms. The first-order chi connectivity index (χ1) is 16.8. The van der Waals surface area contributed by atoms with Crippen LogP contribution in [0.4, 0.5) is 0 Å². The number of aromatic nitrogens is 2. The maximum atomic E-state index is 2.55. The Morgan fingerprint density at radius 2 is 1.49 bits per heavy atom. The van der Waals surface area contributed by atoms with Gasteiger partial charge in [0.1, 0.15) is 7.05 Å². The zero-order valence-corrected chi connectivity index (χ0v) is 21.0. The van der Waals surface area contributed by atoms with Gasteiger partial charge in [0.05, 0.1) is 27.3 Å². The van der Waals surface area contributed by atoms with Crippen molar-refractivity contribution in [1.29, 1.82) is 0 Å². The molecule has 0 amide bonds. The summed E-state index contributed by atoms with van der Waals surface area (Å²) in [6.07, 6.45) is 2.21. The van der Waals surface area contributed by atoms with Crippen LogP contribution < -0.4 is 4.57 Å². The molecule has 0 aliphatic carbocycles. The minimum Gasteiger partial charge on any atom is -0.307 e. The zero-order chi connectivity index (χ0) is 24.1. The highest BCUT2D eigenvalue weighted by atomic mass is 15.0. The number of hydrogen-bond acceptors (Lipinski definition) is 0. The number of fused-ring (bicyclic) bond motifs is 5. The van der Waals surface area contributed by atoms with E-state index in [-0.39, 0.29) is 5.41 Å². The molecule has 170 valence electrons. The Hall–Kier alpha value is -3.91. The molecule has 2 nitrogen and oxygen atoms in total. The number of nitrogens with zero attached hydrogens (tertiary/aromatic N) is 2. The van der Waals surface area contributed by atoms with Crippen LogP contribution >= 0.6 is 0 Å². The summed E-state index contributed by atoms with van der Waals surface area (Å²) < 4.78 is 4.85. The van der Waals surface area contributed by atoms with Crippen molar-refractivity contribution < 1.29 is 4.57 Å². The number of hydrogen-bond donors (Lipinski definition) is 0. The van der Waals surface area contributed by atoms with Crippen LogP contribution in [-0.4, -0.2) is 4.40 Å². The Kier molecular flexibility index (Phi) is 3.99. The molecular weight excluding hydrogens is 424 g/mol. The minimum absolute atomic E-state index is 0.0872. The van der Waals surface area contributed by atoms with Gasteiger partial charge < -0.3 is 4.40 Å². The smallest absolute Gasteiger partial charge is 0.224 e. The lowest BCUT2D eigenvalue weighted by atomic mass is 9.86. The molecule has 2 heteroatoms. The van der Waals surface area contributed by atoms with Crippen LogP contribution in [0.3, 0.4) is 0 Å². The van der Waals surface area contributed by atoms with Crippen molar-refractivity contribution in [1.82, 2.24) is 4.40 Å². The van der Waals surface area contributed by atoms with E-state index in [4.69, 9.17) is 0 Å². The summed E-state index contributed by atoms with van der Waals surface area (Å²) in [6, 6.07) is 29.4. The van der Waals surface area contributed by atoms with Crippen molar-refractivity contribution in [3.8, 4) is 11.1 Å². The highest BCUT2D eigenvalue weighted by Crippen LogP contribution is 2.42. The fraction of sp³-hybridized carbons (Fsp3) is 0.182. The van der Waals surface area contributed by atoms with Gasteiger partial charge in [0.25, 0.3) is 0 Å². The maximum Gasteiger partial charge on any atom is 0.224 e. The molecule has 0 unspecified atom stereocenters. The SMILES string of the molecule is Cc1ccc2c3ccc(C(C)(C)C)cc3n3c4cc(-c5ccccc5)cc5cc[n+](C)c(c1c23)c54. The summed E-state index contributed by atoms with van der Waals surface area (Å²) in [4.78, 5) is 0. The van der Waals surface area contributed by atoms with Crippen LogP contribution in [0.2, 0.25) is 0 Å². The quantitative estimate of drug-likeness (QED) is 0.135. The molecule has 0 aliphatic heterocycles. The molecule has 7 aromatic rings. The maximum absolute atomic E-state index is 2.55. The highest BCUT2D eigenvalue weighted by molar-refractivity contribution is 6.26. The second-order valence-corrected chi connectivity index (χ2v) is 11.1. The fourth-order valence-corrected chi connectivity index (χ4v) is 5.98. The summed E-state index contributed by atoms with van der Waals surface area (Å²) in [6.45, 7) is 9.14. The minimum atomic E-state index is 0.0872. The van der Waals surface area contributed by atoms with Crippen LogP contribution in [-0.2, 0) is 12.5 Å². The molecule has 0 fully saturated rings. The van der Waals surface area contributed by atoms with E-state index in [2.05, 4.69) is 129 Å². The molecule has 0 radical (unpaired) electrons. The van der Waals surface area contributed by atoms with E-state index in [0.29, 0.717) is 0 Å².